The van der Waals surface area contributed by atoms with Gasteiger partial charge < -0.3 is 10.1 Å². The molecule has 0 bridgehead atoms. The molecular weight excluding hydrogens is 161 g/mol. The molecule has 0 aliphatic heterocycles. The molecule has 0 aliphatic carbocycles. The zero-order valence-corrected chi connectivity index (χ0v) is 6.50. The van der Waals surface area contributed by atoms with Gasteiger partial charge in [0.2, 0.25) is 6.41 Å². The minimum atomic E-state index is -0.400. The molecule has 64 valence electrons. The van der Waals surface area contributed by atoms with E-state index in [4.69, 9.17) is 4.74 Å². The summed E-state index contributed by atoms with van der Waals surface area (Å²) in [4.78, 5) is 10.1. The van der Waals surface area contributed by atoms with Crippen molar-refractivity contribution in [1.82, 2.24) is 0 Å². The molecule has 0 aromatic heterocycles. The van der Waals surface area contributed by atoms with E-state index < -0.39 is 5.82 Å². The second-order valence-electron chi connectivity index (χ2n) is 2.11. The van der Waals surface area contributed by atoms with E-state index in [2.05, 4.69) is 5.32 Å². The summed E-state index contributed by atoms with van der Waals surface area (Å²) >= 11 is 0. The lowest BCUT2D eigenvalue weighted by molar-refractivity contribution is -0.105. The van der Waals surface area contributed by atoms with E-state index in [1.54, 1.807) is 0 Å². The van der Waals surface area contributed by atoms with Crippen molar-refractivity contribution in [1.29, 1.82) is 0 Å². The highest BCUT2D eigenvalue weighted by Crippen LogP contribution is 2.23. The van der Waals surface area contributed by atoms with Crippen LogP contribution in [0.4, 0.5) is 10.1 Å². The number of halogens is 1. The van der Waals surface area contributed by atoms with Gasteiger partial charge >= 0.3 is 0 Å². The smallest absolute Gasteiger partial charge is 0.211 e. The molecule has 0 fully saturated rings. The van der Waals surface area contributed by atoms with E-state index in [0.717, 1.165) is 0 Å². The molecule has 1 rings (SSSR count). The number of hydrogen-bond acceptors (Lipinski definition) is 2. The number of anilines is 1. The summed E-state index contributed by atoms with van der Waals surface area (Å²) in [5.41, 5.74) is 0.453. The molecule has 0 atom stereocenters. The highest BCUT2D eigenvalue weighted by atomic mass is 19.1. The SMILES string of the molecule is COc1cc(F)ccc1NC=O. The standard InChI is InChI=1S/C8H8FNO2/c1-12-8-4-6(9)2-3-7(8)10-5-11/h2-5H,1H3,(H,10,11). The van der Waals surface area contributed by atoms with E-state index in [-0.39, 0.29) is 0 Å². The van der Waals surface area contributed by atoms with Crippen molar-refractivity contribution in [2.45, 2.75) is 0 Å². The maximum Gasteiger partial charge on any atom is 0.211 e. The van der Waals surface area contributed by atoms with Crippen molar-refractivity contribution in [3.63, 3.8) is 0 Å². The zero-order valence-electron chi connectivity index (χ0n) is 6.50. The Morgan fingerprint density at radius 2 is 2.33 bits per heavy atom. The summed E-state index contributed by atoms with van der Waals surface area (Å²) in [6.07, 6.45) is 0.510. The maximum absolute atomic E-state index is 12.6. The van der Waals surface area contributed by atoms with Gasteiger partial charge in [0.25, 0.3) is 0 Å². The Morgan fingerprint density at radius 1 is 1.58 bits per heavy atom. The van der Waals surface area contributed by atoms with Crippen molar-refractivity contribution >= 4 is 12.1 Å². The molecule has 0 saturated carbocycles. The number of benzene rings is 1. The highest BCUT2D eigenvalue weighted by Gasteiger charge is 2.02. The van der Waals surface area contributed by atoms with E-state index in [9.17, 15) is 9.18 Å². The number of carbonyl (C=O) groups excluding carboxylic acids is 1. The third-order valence-corrected chi connectivity index (χ3v) is 1.38. The number of nitrogens with one attached hydrogen (secondary N) is 1. The van der Waals surface area contributed by atoms with Crippen molar-refractivity contribution in [3.8, 4) is 5.75 Å². The summed E-state index contributed by atoms with van der Waals surface area (Å²) in [6.45, 7) is 0. The maximum atomic E-state index is 12.6. The van der Waals surface area contributed by atoms with E-state index in [0.29, 0.717) is 17.8 Å². The fourth-order valence-corrected chi connectivity index (χ4v) is 0.848. The summed E-state index contributed by atoms with van der Waals surface area (Å²) in [7, 11) is 1.41. The number of amides is 1. The van der Waals surface area contributed by atoms with Gasteiger partial charge in [-0.25, -0.2) is 4.39 Å². The van der Waals surface area contributed by atoms with Crippen LogP contribution in [0.1, 0.15) is 0 Å². The molecule has 0 spiro atoms. The Hall–Kier alpha value is -1.58. The van der Waals surface area contributed by atoms with Gasteiger partial charge in [-0.3, -0.25) is 4.79 Å². The van der Waals surface area contributed by atoms with Gasteiger partial charge in [0, 0.05) is 6.07 Å². The highest BCUT2D eigenvalue weighted by molar-refractivity contribution is 5.75. The Balaban J connectivity index is 3.01. The Labute approximate surface area is 69.2 Å². The Bertz CT molecular complexity index is 288. The Kier molecular flexibility index (Phi) is 2.63. The van der Waals surface area contributed by atoms with Gasteiger partial charge in [0.05, 0.1) is 12.8 Å². The molecule has 3 nitrogen and oxygen atoms in total. The number of methoxy groups -OCH3 is 1. The average Bonchev–Trinajstić information content (AvgIpc) is 2.08. The van der Waals surface area contributed by atoms with Crippen LogP contribution in [0.15, 0.2) is 18.2 Å². The molecule has 0 heterocycles. The second kappa shape index (κ2) is 3.71. The zero-order chi connectivity index (χ0) is 8.97. The first kappa shape index (κ1) is 8.52. The van der Waals surface area contributed by atoms with Gasteiger partial charge in [-0.1, -0.05) is 0 Å². The molecule has 1 aromatic carbocycles. The summed E-state index contributed by atoms with van der Waals surface area (Å²) in [5.74, 6) is -0.0922. The fraction of sp³-hybridized carbons (Fsp3) is 0.125. The lowest BCUT2D eigenvalue weighted by Gasteiger charge is -2.05. The molecule has 4 heteroatoms. The molecule has 1 aromatic rings. The van der Waals surface area contributed by atoms with Crippen LogP contribution in [0, 0.1) is 5.82 Å². The van der Waals surface area contributed by atoms with Crippen LogP contribution in [0.2, 0.25) is 0 Å². The lowest BCUT2D eigenvalue weighted by Crippen LogP contribution is -1.97. The average molecular weight is 169 g/mol. The molecule has 0 aliphatic rings. The van der Waals surface area contributed by atoms with Crippen LogP contribution >= 0.6 is 0 Å². The monoisotopic (exact) mass is 169 g/mol. The molecular formula is C8H8FNO2. The van der Waals surface area contributed by atoms with Crippen molar-refractivity contribution in [2.75, 3.05) is 12.4 Å². The first-order valence-electron chi connectivity index (χ1n) is 3.31. The van der Waals surface area contributed by atoms with Crippen molar-refractivity contribution in [3.05, 3.63) is 24.0 Å². The number of hydrogen-bond donors (Lipinski definition) is 1. The Morgan fingerprint density at radius 3 is 2.92 bits per heavy atom. The fourth-order valence-electron chi connectivity index (χ4n) is 0.848. The first-order valence-corrected chi connectivity index (χ1v) is 3.31. The van der Waals surface area contributed by atoms with E-state index in [1.165, 1.54) is 25.3 Å². The molecule has 0 unspecified atom stereocenters. The summed E-state index contributed by atoms with van der Waals surface area (Å²) < 4.78 is 17.4. The van der Waals surface area contributed by atoms with Crippen molar-refractivity contribution in [2.24, 2.45) is 0 Å². The first-order chi connectivity index (χ1) is 5.77. The number of ether oxygens (including phenoxy) is 1. The van der Waals surface area contributed by atoms with Crippen LogP contribution in [0.25, 0.3) is 0 Å². The molecule has 1 amide bonds. The van der Waals surface area contributed by atoms with Crippen LogP contribution in [-0.4, -0.2) is 13.5 Å². The van der Waals surface area contributed by atoms with Crippen LogP contribution in [0.5, 0.6) is 5.75 Å². The predicted molar refractivity (Wildman–Crippen MR) is 42.6 cm³/mol. The van der Waals surface area contributed by atoms with Gasteiger partial charge in [0.1, 0.15) is 11.6 Å². The normalized spacial score (nSPS) is 9.17. The summed E-state index contributed by atoms with van der Waals surface area (Å²) in [6, 6.07) is 3.88. The van der Waals surface area contributed by atoms with E-state index in [1.807, 2.05) is 0 Å². The van der Waals surface area contributed by atoms with Crippen LogP contribution in [0.3, 0.4) is 0 Å². The third-order valence-electron chi connectivity index (χ3n) is 1.38. The van der Waals surface area contributed by atoms with Gasteiger partial charge in [-0.15, -0.1) is 0 Å². The van der Waals surface area contributed by atoms with Crippen molar-refractivity contribution < 1.29 is 13.9 Å². The lowest BCUT2D eigenvalue weighted by atomic mass is 10.3. The third kappa shape index (κ3) is 1.72. The molecule has 0 saturated heterocycles. The molecule has 1 N–H and O–H groups in total. The summed E-state index contributed by atoms with van der Waals surface area (Å²) in [5, 5.41) is 2.38. The largest absolute Gasteiger partial charge is 0.494 e. The van der Waals surface area contributed by atoms with Gasteiger partial charge in [-0.2, -0.15) is 0 Å². The molecule has 0 radical (unpaired) electrons. The van der Waals surface area contributed by atoms with Gasteiger partial charge in [0.15, 0.2) is 0 Å². The number of rotatable bonds is 3. The minimum absolute atomic E-state index is 0.308. The second-order valence-corrected chi connectivity index (χ2v) is 2.11. The topological polar surface area (TPSA) is 38.3 Å². The minimum Gasteiger partial charge on any atom is -0.494 e. The molecule has 12 heavy (non-hydrogen) atoms. The van der Waals surface area contributed by atoms with Crippen LogP contribution in [-0.2, 0) is 4.79 Å². The van der Waals surface area contributed by atoms with Crippen LogP contribution < -0.4 is 10.1 Å². The quantitative estimate of drug-likeness (QED) is 0.694. The predicted octanol–water partition coefficient (Wildman–Crippen LogP) is 1.40. The van der Waals surface area contributed by atoms with E-state index >= 15 is 0 Å². The van der Waals surface area contributed by atoms with Gasteiger partial charge in [-0.05, 0) is 12.1 Å². The number of carbonyl (C=O) groups is 1.